The van der Waals surface area contributed by atoms with Gasteiger partial charge in [0.25, 0.3) is 0 Å². The van der Waals surface area contributed by atoms with Crippen LogP contribution in [0.25, 0.3) is 0 Å². The Hall–Kier alpha value is -2.75. The molecule has 2 fully saturated rings. The number of alkyl halides is 2. The molecule has 1 aromatic carbocycles. The lowest BCUT2D eigenvalue weighted by atomic mass is 9.76. The minimum Gasteiger partial charge on any atom is -0.447 e. The quantitative estimate of drug-likeness (QED) is 0.354. The van der Waals surface area contributed by atoms with Crippen LogP contribution in [0.1, 0.15) is 52.5 Å². The Balaban J connectivity index is 1.60. The maximum absolute atomic E-state index is 13.8. The molecule has 220 valence electrons. The number of likely N-dealkylation sites (tertiary alicyclic amines) is 2. The number of alkyl carbamates (subject to hydrolysis) is 1. The number of hydrogen-bond acceptors (Lipinski definition) is 7. The Kier molecular flexibility index (Phi) is 10.5. The van der Waals surface area contributed by atoms with E-state index in [1.54, 1.807) is 35.8 Å². The SMILES string of the molecule is CC(CC(C)(C)N1C[C@@H](F)[C@@H](F)C1)C(C#N)C(=O)N1CCC[C@]1(C)COC(=O)N[C@@H](Cc1ccccc1)B(O)O. The Morgan fingerprint density at radius 2 is 1.88 bits per heavy atom. The van der Waals surface area contributed by atoms with Gasteiger partial charge in [0.2, 0.25) is 5.91 Å². The van der Waals surface area contributed by atoms with E-state index in [0.717, 1.165) is 5.56 Å². The van der Waals surface area contributed by atoms with Crippen LogP contribution < -0.4 is 5.32 Å². The highest BCUT2D eigenvalue weighted by molar-refractivity contribution is 6.43. The zero-order valence-electron chi connectivity index (χ0n) is 23.7. The molecule has 0 spiro atoms. The number of hydrogen-bond donors (Lipinski definition) is 3. The summed E-state index contributed by atoms with van der Waals surface area (Å²) in [5, 5.41) is 31.9. The van der Waals surface area contributed by atoms with Gasteiger partial charge in [0, 0.05) is 25.2 Å². The standard InChI is InChI=1S/C28H41BF2N4O5/c1-19(14-27(2,3)34-16-22(30)23(31)17-34)21(15-32)25(36)35-12-8-11-28(35,4)18-40-26(37)33-24(29(38)39)13-20-9-6-5-7-10-20/h5-7,9-10,19,21-24,38-39H,8,11-14,16-18H2,1-4H3,(H,33,37)/t19?,21?,22-,23+,24-,28+/m0/s1. The molecule has 0 saturated carbocycles. The van der Waals surface area contributed by atoms with Crippen LogP contribution in [0.15, 0.2) is 30.3 Å². The zero-order chi connectivity index (χ0) is 29.7. The molecular weight excluding hydrogens is 521 g/mol. The molecule has 0 bridgehead atoms. The van der Waals surface area contributed by atoms with E-state index in [9.17, 15) is 33.7 Å². The van der Waals surface area contributed by atoms with Gasteiger partial charge in [-0.2, -0.15) is 5.26 Å². The Morgan fingerprint density at radius 1 is 1.25 bits per heavy atom. The molecule has 2 aliphatic rings. The Labute approximate surface area is 235 Å². The van der Waals surface area contributed by atoms with Crippen LogP contribution in [0.5, 0.6) is 0 Å². The number of ether oxygens (including phenoxy) is 1. The summed E-state index contributed by atoms with van der Waals surface area (Å²) >= 11 is 0. The van der Waals surface area contributed by atoms with Crippen molar-refractivity contribution in [3.63, 3.8) is 0 Å². The number of nitrogens with one attached hydrogen (secondary N) is 1. The van der Waals surface area contributed by atoms with Crippen molar-refractivity contribution < 1.29 is 33.2 Å². The number of carbonyl (C=O) groups is 2. The number of carbonyl (C=O) groups excluding carboxylic acids is 2. The third kappa shape index (κ3) is 7.71. The molecule has 12 heteroatoms. The van der Waals surface area contributed by atoms with Crippen molar-refractivity contribution in [2.45, 2.75) is 82.7 Å². The smallest absolute Gasteiger partial charge is 0.447 e. The minimum absolute atomic E-state index is 0.0187. The number of halogens is 2. The summed E-state index contributed by atoms with van der Waals surface area (Å²) in [6.07, 6.45) is -2.12. The highest BCUT2D eigenvalue weighted by Crippen LogP contribution is 2.36. The molecule has 2 heterocycles. The Morgan fingerprint density at radius 3 is 2.45 bits per heavy atom. The molecule has 0 aliphatic carbocycles. The summed E-state index contributed by atoms with van der Waals surface area (Å²) in [5.74, 6) is -2.72. The predicted molar refractivity (Wildman–Crippen MR) is 146 cm³/mol. The monoisotopic (exact) mass is 562 g/mol. The van der Waals surface area contributed by atoms with Crippen molar-refractivity contribution in [2.24, 2.45) is 11.8 Å². The molecule has 9 nitrogen and oxygen atoms in total. The van der Waals surface area contributed by atoms with Gasteiger partial charge >= 0.3 is 13.2 Å². The first-order valence-electron chi connectivity index (χ1n) is 13.8. The van der Waals surface area contributed by atoms with E-state index in [2.05, 4.69) is 11.4 Å². The van der Waals surface area contributed by atoms with E-state index >= 15 is 0 Å². The van der Waals surface area contributed by atoms with Crippen LogP contribution in [0.2, 0.25) is 0 Å². The summed E-state index contributed by atoms with van der Waals surface area (Å²) in [6.45, 7) is 7.56. The molecule has 0 radical (unpaired) electrons. The summed E-state index contributed by atoms with van der Waals surface area (Å²) in [6, 6.07) is 11.2. The van der Waals surface area contributed by atoms with Crippen molar-refractivity contribution >= 4 is 19.1 Å². The van der Waals surface area contributed by atoms with Crippen LogP contribution in [0.4, 0.5) is 13.6 Å². The molecule has 0 aromatic heterocycles. The molecule has 3 rings (SSSR count). The van der Waals surface area contributed by atoms with Gasteiger partial charge in [-0.3, -0.25) is 9.69 Å². The van der Waals surface area contributed by atoms with Crippen LogP contribution in [-0.2, 0) is 16.0 Å². The molecule has 2 unspecified atom stereocenters. The maximum atomic E-state index is 13.8. The van der Waals surface area contributed by atoms with Gasteiger partial charge in [-0.05, 0) is 57.9 Å². The van der Waals surface area contributed by atoms with Gasteiger partial charge in [-0.25, -0.2) is 13.6 Å². The van der Waals surface area contributed by atoms with Crippen molar-refractivity contribution in [1.82, 2.24) is 15.1 Å². The van der Waals surface area contributed by atoms with Crippen molar-refractivity contribution in [1.29, 1.82) is 5.26 Å². The van der Waals surface area contributed by atoms with Crippen molar-refractivity contribution in [2.75, 3.05) is 26.2 Å². The molecule has 2 aliphatic heterocycles. The first kappa shape index (κ1) is 31.8. The van der Waals surface area contributed by atoms with Gasteiger partial charge in [0.15, 0.2) is 0 Å². The molecular formula is C28H41BF2N4O5. The maximum Gasteiger partial charge on any atom is 0.475 e. The van der Waals surface area contributed by atoms with Gasteiger partial charge in [0.05, 0.1) is 17.5 Å². The van der Waals surface area contributed by atoms with Crippen molar-refractivity contribution in [3.05, 3.63) is 35.9 Å². The molecule has 40 heavy (non-hydrogen) atoms. The summed E-state index contributed by atoms with van der Waals surface area (Å²) in [5.41, 5.74) is -0.647. The number of rotatable bonds is 11. The van der Waals surface area contributed by atoms with Gasteiger partial charge in [0.1, 0.15) is 24.9 Å². The molecule has 1 aromatic rings. The second-order valence-corrected chi connectivity index (χ2v) is 12.1. The second-order valence-electron chi connectivity index (χ2n) is 12.1. The fourth-order valence-corrected chi connectivity index (χ4v) is 5.91. The van der Waals surface area contributed by atoms with E-state index < -0.39 is 48.5 Å². The third-order valence-electron chi connectivity index (χ3n) is 8.32. The normalized spacial score (nSPS) is 25.6. The average molecular weight is 562 g/mol. The van der Waals surface area contributed by atoms with E-state index in [1.165, 1.54) is 0 Å². The molecule has 3 N–H and O–H groups in total. The lowest BCUT2D eigenvalue weighted by Crippen LogP contribution is -2.53. The van der Waals surface area contributed by atoms with E-state index in [1.807, 2.05) is 32.0 Å². The highest BCUT2D eigenvalue weighted by Gasteiger charge is 2.46. The van der Waals surface area contributed by atoms with Crippen LogP contribution in [-0.4, -0.2) is 94.6 Å². The van der Waals surface area contributed by atoms with E-state index in [4.69, 9.17) is 4.74 Å². The third-order valence-corrected chi connectivity index (χ3v) is 8.32. The van der Waals surface area contributed by atoms with Crippen LogP contribution >= 0.6 is 0 Å². The first-order valence-corrected chi connectivity index (χ1v) is 13.8. The van der Waals surface area contributed by atoms with Gasteiger partial charge in [-0.15, -0.1) is 0 Å². The minimum atomic E-state index is -1.80. The largest absolute Gasteiger partial charge is 0.475 e. The summed E-state index contributed by atoms with van der Waals surface area (Å²) in [7, 11) is -1.80. The number of benzene rings is 1. The average Bonchev–Trinajstić information content (AvgIpc) is 3.45. The molecule has 2 amide bonds. The molecule has 2 saturated heterocycles. The molecule has 6 atom stereocenters. The fourth-order valence-electron chi connectivity index (χ4n) is 5.91. The van der Waals surface area contributed by atoms with Crippen LogP contribution in [0.3, 0.4) is 0 Å². The van der Waals surface area contributed by atoms with Crippen molar-refractivity contribution in [3.8, 4) is 6.07 Å². The highest BCUT2D eigenvalue weighted by atomic mass is 19.2. The topological polar surface area (TPSA) is 126 Å². The lowest BCUT2D eigenvalue weighted by Gasteiger charge is -2.40. The zero-order valence-corrected chi connectivity index (χ0v) is 23.7. The predicted octanol–water partition coefficient (Wildman–Crippen LogP) is 2.65. The second kappa shape index (κ2) is 13.3. The fraction of sp³-hybridized carbons (Fsp3) is 0.679. The van der Waals surface area contributed by atoms with Gasteiger partial charge in [-0.1, -0.05) is 37.3 Å². The van der Waals surface area contributed by atoms with Crippen LogP contribution in [0, 0.1) is 23.2 Å². The first-order chi connectivity index (χ1) is 18.8. The van der Waals surface area contributed by atoms with Gasteiger partial charge < -0.3 is 25.0 Å². The number of nitriles is 1. The summed E-state index contributed by atoms with van der Waals surface area (Å²) < 4.78 is 33.1. The van der Waals surface area contributed by atoms with E-state index in [0.29, 0.717) is 25.8 Å². The van der Waals surface area contributed by atoms with E-state index in [-0.39, 0.29) is 37.9 Å². The number of amides is 2. The Bertz CT molecular complexity index is 1050. The number of nitrogens with zero attached hydrogens (tertiary/aromatic N) is 3. The lowest BCUT2D eigenvalue weighted by molar-refractivity contribution is -0.140. The summed E-state index contributed by atoms with van der Waals surface area (Å²) in [4.78, 5) is 29.5.